The third-order valence-electron chi connectivity index (χ3n) is 2.64. The van der Waals surface area contributed by atoms with Crippen LogP contribution in [0.1, 0.15) is 36.9 Å². The Kier molecular flexibility index (Phi) is 2.13. The molecule has 13 heavy (non-hydrogen) atoms. The van der Waals surface area contributed by atoms with Gasteiger partial charge in [-0.25, -0.2) is 0 Å². The number of carbonyl (C=O) groups excluding carboxylic acids is 1. The number of aromatic nitrogens is 1. The van der Waals surface area contributed by atoms with Crippen molar-refractivity contribution in [1.82, 2.24) is 4.98 Å². The molecule has 2 nitrogen and oxygen atoms in total. The van der Waals surface area contributed by atoms with Crippen LogP contribution in [0.25, 0.3) is 0 Å². The van der Waals surface area contributed by atoms with Gasteiger partial charge in [-0.3, -0.25) is 9.78 Å². The van der Waals surface area contributed by atoms with E-state index >= 15 is 0 Å². The molecule has 1 aromatic rings. The zero-order valence-electron chi connectivity index (χ0n) is 7.79. The fourth-order valence-electron chi connectivity index (χ4n) is 1.86. The topological polar surface area (TPSA) is 30.0 Å². The van der Waals surface area contributed by atoms with Gasteiger partial charge in [0.2, 0.25) is 0 Å². The van der Waals surface area contributed by atoms with E-state index in [0.717, 1.165) is 17.7 Å². The van der Waals surface area contributed by atoms with Crippen LogP contribution in [-0.2, 0) is 11.2 Å². The Balaban J connectivity index is 2.43. The third-order valence-corrected chi connectivity index (χ3v) is 2.64. The van der Waals surface area contributed by atoms with E-state index in [4.69, 9.17) is 0 Å². The van der Waals surface area contributed by atoms with E-state index in [2.05, 4.69) is 11.9 Å². The van der Waals surface area contributed by atoms with Crippen LogP contribution < -0.4 is 0 Å². The van der Waals surface area contributed by atoms with E-state index in [-0.39, 0.29) is 0 Å². The van der Waals surface area contributed by atoms with Crippen LogP contribution in [0, 0.1) is 0 Å². The molecular formula is C11H13NO. The van der Waals surface area contributed by atoms with Gasteiger partial charge in [0.25, 0.3) is 0 Å². The standard InChI is InChI=1S/C11H13NO/c1-8-4-5-10(13)7-9-3-2-6-12-11(8)9/h2-3,6,8H,4-5,7H2,1H3. The first kappa shape index (κ1) is 8.42. The highest BCUT2D eigenvalue weighted by Crippen LogP contribution is 2.26. The highest BCUT2D eigenvalue weighted by molar-refractivity contribution is 5.81. The van der Waals surface area contributed by atoms with E-state index in [1.54, 1.807) is 0 Å². The molecule has 1 unspecified atom stereocenters. The summed E-state index contributed by atoms with van der Waals surface area (Å²) in [6.07, 6.45) is 4.04. The average Bonchev–Trinajstić information content (AvgIpc) is 2.27. The smallest absolute Gasteiger partial charge is 0.137 e. The summed E-state index contributed by atoms with van der Waals surface area (Å²) in [5.74, 6) is 0.779. The number of hydrogen-bond donors (Lipinski definition) is 0. The fraction of sp³-hybridized carbons (Fsp3) is 0.455. The van der Waals surface area contributed by atoms with Crippen molar-refractivity contribution in [3.63, 3.8) is 0 Å². The Labute approximate surface area is 78.0 Å². The lowest BCUT2D eigenvalue weighted by molar-refractivity contribution is -0.118. The number of fused-ring (bicyclic) bond motifs is 1. The monoisotopic (exact) mass is 175 g/mol. The van der Waals surface area contributed by atoms with Crippen molar-refractivity contribution in [1.29, 1.82) is 0 Å². The molecule has 0 N–H and O–H groups in total. The number of pyridine rings is 1. The molecule has 0 bridgehead atoms. The van der Waals surface area contributed by atoms with Crippen molar-refractivity contribution in [2.45, 2.75) is 32.1 Å². The van der Waals surface area contributed by atoms with Gasteiger partial charge in [0, 0.05) is 24.7 Å². The summed E-state index contributed by atoms with van der Waals surface area (Å²) in [7, 11) is 0. The molecule has 1 aliphatic rings. The van der Waals surface area contributed by atoms with Gasteiger partial charge in [0.05, 0.1) is 0 Å². The molecule has 1 heterocycles. The normalized spacial score (nSPS) is 22.2. The molecule has 0 amide bonds. The van der Waals surface area contributed by atoms with Gasteiger partial charge in [-0.05, 0) is 24.0 Å². The second-order valence-corrected chi connectivity index (χ2v) is 3.70. The molecule has 68 valence electrons. The van der Waals surface area contributed by atoms with Gasteiger partial charge >= 0.3 is 0 Å². The van der Waals surface area contributed by atoms with Crippen LogP contribution in [0.5, 0.6) is 0 Å². The molecule has 0 aliphatic heterocycles. The molecule has 1 atom stereocenters. The van der Waals surface area contributed by atoms with Crippen LogP contribution in [-0.4, -0.2) is 10.8 Å². The summed E-state index contributed by atoms with van der Waals surface area (Å²) >= 11 is 0. The number of hydrogen-bond acceptors (Lipinski definition) is 2. The second kappa shape index (κ2) is 3.29. The molecule has 0 spiro atoms. The van der Waals surface area contributed by atoms with Crippen LogP contribution in [0.15, 0.2) is 18.3 Å². The molecule has 1 aromatic heterocycles. The van der Waals surface area contributed by atoms with Crippen molar-refractivity contribution in [3.8, 4) is 0 Å². The molecule has 0 saturated carbocycles. The predicted molar refractivity (Wildman–Crippen MR) is 50.6 cm³/mol. The molecule has 2 heteroatoms. The summed E-state index contributed by atoms with van der Waals surface area (Å²) < 4.78 is 0. The molecule has 1 aliphatic carbocycles. The molecular weight excluding hydrogens is 162 g/mol. The minimum absolute atomic E-state index is 0.346. The summed E-state index contributed by atoms with van der Waals surface area (Å²) in [6.45, 7) is 2.14. The van der Waals surface area contributed by atoms with Crippen LogP contribution >= 0.6 is 0 Å². The lowest BCUT2D eigenvalue weighted by atomic mass is 10.0. The van der Waals surface area contributed by atoms with Crippen LogP contribution in [0.4, 0.5) is 0 Å². The maximum Gasteiger partial charge on any atom is 0.137 e. The highest BCUT2D eigenvalue weighted by atomic mass is 16.1. The van der Waals surface area contributed by atoms with Gasteiger partial charge in [-0.15, -0.1) is 0 Å². The zero-order chi connectivity index (χ0) is 9.26. The summed E-state index contributed by atoms with van der Waals surface area (Å²) in [5, 5.41) is 0. The molecule has 0 fully saturated rings. The van der Waals surface area contributed by atoms with Gasteiger partial charge in [-0.2, -0.15) is 0 Å². The number of rotatable bonds is 0. The van der Waals surface area contributed by atoms with E-state index < -0.39 is 0 Å². The first-order chi connectivity index (χ1) is 6.27. The number of nitrogens with zero attached hydrogens (tertiary/aromatic N) is 1. The average molecular weight is 175 g/mol. The SMILES string of the molecule is CC1CCC(=O)Cc2cccnc21. The summed E-state index contributed by atoms with van der Waals surface area (Å²) in [6, 6.07) is 3.92. The quantitative estimate of drug-likeness (QED) is 0.565. The van der Waals surface area contributed by atoms with Gasteiger partial charge < -0.3 is 0 Å². The van der Waals surface area contributed by atoms with Crippen molar-refractivity contribution >= 4 is 5.78 Å². The van der Waals surface area contributed by atoms with Gasteiger partial charge in [-0.1, -0.05) is 13.0 Å². The Bertz CT molecular complexity index is 333. The minimum Gasteiger partial charge on any atom is -0.299 e. The number of carbonyl (C=O) groups is 1. The van der Waals surface area contributed by atoms with Gasteiger partial charge in [0.1, 0.15) is 5.78 Å². The Hall–Kier alpha value is -1.18. The van der Waals surface area contributed by atoms with Crippen molar-refractivity contribution in [3.05, 3.63) is 29.6 Å². The van der Waals surface area contributed by atoms with Crippen molar-refractivity contribution in [2.24, 2.45) is 0 Å². The maximum absolute atomic E-state index is 11.4. The zero-order valence-corrected chi connectivity index (χ0v) is 7.79. The Morgan fingerprint density at radius 3 is 3.23 bits per heavy atom. The molecule has 0 saturated heterocycles. The minimum atomic E-state index is 0.346. The lowest BCUT2D eigenvalue weighted by Crippen LogP contribution is -2.00. The molecule has 0 radical (unpaired) electrons. The maximum atomic E-state index is 11.4. The summed E-state index contributed by atoms with van der Waals surface area (Å²) in [4.78, 5) is 15.7. The fourth-order valence-corrected chi connectivity index (χ4v) is 1.86. The largest absolute Gasteiger partial charge is 0.299 e. The van der Waals surface area contributed by atoms with Crippen LogP contribution in [0.3, 0.4) is 0 Å². The molecule has 2 rings (SSSR count). The van der Waals surface area contributed by atoms with E-state index in [1.165, 1.54) is 0 Å². The summed E-state index contributed by atoms with van der Waals surface area (Å²) in [5.41, 5.74) is 2.24. The number of ketones is 1. The first-order valence-corrected chi connectivity index (χ1v) is 4.73. The molecule has 0 aromatic carbocycles. The number of Topliss-reactive ketones (excluding diaryl/α,β-unsaturated/α-hetero) is 1. The third kappa shape index (κ3) is 1.62. The van der Waals surface area contributed by atoms with E-state index in [0.29, 0.717) is 24.5 Å². The van der Waals surface area contributed by atoms with E-state index in [9.17, 15) is 4.79 Å². The Morgan fingerprint density at radius 2 is 2.38 bits per heavy atom. The Morgan fingerprint density at radius 1 is 1.54 bits per heavy atom. The van der Waals surface area contributed by atoms with Gasteiger partial charge in [0.15, 0.2) is 0 Å². The van der Waals surface area contributed by atoms with Crippen molar-refractivity contribution < 1.29 is 4.79 Å². The highest BCUT2D eigenvalue weighted by Gasteiger charge is 2.19. The lowest BCUT2D eigenvalue weighted by Gasteiger charge is -2.08. The predicted octanol–water partition coefficient (Wildman–Crippen LogP) is 2.09. The van der Waals surface area contributed by atoms with Crippen molar-refractivity contribution in [2.75, 3.05) is 0 Å². The first-order valence-electron chi connectivity index (χ1n) is 4.73. The van der Waals surface area contributed by atoms with E-state index in [1.807, 2.05) is 18.3 Å². The van der Waals surface area contributed by atoms with Crippen LogP contribution in [0.2, 0.25) is 0 Å². The second-order valence-electron chi connectivity index (χ2n) is 3.70.